The number of aromatic nitrogens is 1. The molecule has 0 unspecified atom stereocenters. The molecular weight excluding hydrogens is 466 g/mol. The molecule has 3 aromatic rings. The number of hydrogen-bond donors (Lipinski definition) is 2. The molecule has 2 aromatic carbocycles. The van der Waals surface area contributed by atoms with Gasteiger partial charge in [-0.3, -0.25) is 14.6 Å². The fourth-order valence-electron chi connectivity index (χ4n) is 4.97. The van der Waals surface area contributed by atoms with Gasteiger partial charge in [0.05, 0.1) is 17.9 Å². The van der Waals surface area contributed by atoms with Crippen LogP contribution in [0, 0.1) is 12.8 Å². The van der Waals surface area contributed by atoms with Gasteiger partial charge in [0.2, 0.25) is 6.17 Å². The van der Waals surface area contributed by atoms with Crippen LogP contribution in [0.25, 0.3) is 0 Å². The molecule has 2 N–H and O–H groups in total. The second-order valence-corrected chi connectivity index (χ2v) is 9.48. The lowest BCUT2D eigenvalue weighted by atomic mass is 9.99. The van der Waals surface area contributed by atoms with Gasteiger partial charge in [-0.05, 0) is 55.7 Å². The molecule has 5 rings (SSSR count). The van der Waals surface area contributed by atoms with E-state index in [2.05, 4.69) is 15.6 Å². The van der Waals surface area contributed by atoms with Crippen LogP contribution in [0.1, 0.15) is 42.4 Å². The van der Waals surface area contributed by atoms with E-state index in [0.717, 1.165) is 31.2 Å². The van der Waals surface area contributed by atoms with Crippen LogP contribution >= 0.6 is 0 Å². The van der Waals surface area contributed by atoms with E-state index in [9.17, 15) is 14.4 Å². The molecule has 0 bridgehead atoms. The molecule has 37 heavy (non-hydrogen) atoms. The van der Waals surface area contributed by atoms with E-state index in [1.165, 1.54) is 4.90 Å². The van der Waals surface area contributed by atoms with Crippen molar-refractivity contribution < 1.29 is 14.4 Å². The largest absolute Gasteiger partial charge is 0.321 e. The Labute approximate surface area is 215 Å². The van der Waals surface area contributed by atoms with Crippen LogP contribution in [-0.2, 0) is 9.59 Å². The monoisotopic (exact) mass is 495 g/mol. The molecule has 1 saturated carbocycles. The summed E-state index contributed by atoms with van der Waals surface area (Å²) in [6, 6.07) is 17.8. The van der Waals surface area contributed by atoms with E-state index >= 15 is 0 Å². The number of aryl methyl sites for hydroxylation is 1. The van der Waals surface area contributed by atoms with Crippen molar-refractivity contribution in [2.75, 3.05) is 16.8 Å². The van der Waals surface area contributed by atoms with Gasteiger partial charge in [0.25, 0.3) is 5.91 Å². The second-order valence-electron chi connectivity index (χ2n) is 9.48. The van der Waals surface area contributed by atoms with Crippen LogP contribution in [-0.4, -0.2) is 41.1 Å². The summed E-state index contributed by atoms with van der Waals surface area (Å²) in [7, 11) is 0. The fraction of sp³-hybridized carbons (Fsp3) is 0.276. The number of rotatable bonds is 6. The number of nitrogens with zero attached hydrogens (tertiary/aromatic N) is 3. The highest BCUT2D eigenvalue weighted by Gasteiger charge is 2.35. The summed E-state index contributed by atoms with van der Waals surface area (Å²) in [5.74, 6) is -0.469. The Morgan fingerprint density at radius 1 is 1.03 bits per heavy atom. The number of benzene rings is 2. The third-order valence-electron chi connectivity index (χ3n) is 6.81. The summed E-state index contributed by atoms with van der Waals surface area (Å²) < 4.78 is 0. The Morgan fingerprint density at radius 2 is 1.84 bits per heavy atom. The smallest absolute Gasteiger partial charge is 0.308 e. The van der Waals surface area contributed by atoms with Crippen LogP contribution in [0.4, 0.5) is 16.2 Å². The lowest BCUT2D eigenvalue weighted by molar-refractivity contribution is -0.125. The quantitative estimate of drug-likeness (QED) is 0.526. The van der Waals surface area contributed by atoms with Gasteiger partial charge in [-0.2, -0.15) is 0 Å². The number of pyridine rings is 1. The number of ketones is 1. The zero-order valence-corrected chi connectivity index (χ0v) is 20.7. The zero-order valence-electron chi connectivity index (χ0n) is 20.7. The topological polar surface area (TPSA) is 104 Å². The van der Waals surface area contributed by atoms with E-state index in [1.807, 2.05) is 55.5 Å². The van der Waals surface area contributed by atoms with Gasteiger partial charge in [-0.15, -0.1) is 0 Å². The first-order valence-electron chi connectivity index (χ1n) is 12.6. The number of nitrogens with one attached hydrogen (secondary N) is 2. The van der Waals surface area contributed by atoms with Gasteiger partial charge in [0.1, 0.15) is 0 Å². The molecule has 1 fully saturated rings. The first-order chi connectivity index (χ1) is 18.0. The number of Topliss-reactive ketones (excluding diaryl/α,β-unsaturated/α-hetero) is 1. The minimum atomic E-state index is -1.23. The highest BCUT2D eigenvalue weighted by molar-refractivity contribution is 6.21. The van der Waals surface area contributed by atoms with Crippen molar-refractivity contribution in [1.29, 1.82) is 0 Å². The SMILES string of the molecule is Cc1cccc(NC(=O)N[C@@H]2N=C(c3cccnc3)c3ccccc3N(CC(=O)C3CCCC3)C2=O)c1. The van der Waals surface area contributed by atoms with Crippen LogP contribution < -0.4 is 15.5 Å². The number of urea groups is 1. The van der Waals surface area contributed by atoms with Gasteiger partial charge < -0.3 is 15.5 Å². The number of fused-ring (bicyclic) bond motifs is 1. The fourth-order valence-corrected chi connectivity index (χ4v) is 4.97. The maximum Gasteiger partial charge on any atom is 0.321 e. The van der Waals surface area contributed by atoms with Gasteiger partial charge in [-0.25, -0.2) is 9.79 Å². The van der Waals surface area contributed by atoms with Crippen LogP contribution in [0.5, 0.6) is 0 Å². The molecule has 2 heterocycles. The Bertz CT molecular complexity index is 1350. The van der Waals surface area contributed by atoms with Crippen molar-refractivity contribution in [1.82, 2.24) is 10.3 Å². The van der Waals surface area contributed by atoms with E-state index in [4.69, 9.17) is 4.99 Å². The Kier molecular flexibility index (Phi) is 7.07. The minimum Gasteiger partial charge on any atom is -0.308 e. The third kappa shape index (κ3) is 5.43. The highest BCUT2D eigenvalue weighted by Crippen LogP contribution is 2.30. The number of anilines is 2. The molecule has 8 nitrogen and oxygen atoms in total. The number of hydrogen-bond acceptors (Lipinski definition) is 5. The summed E-state index contributed by atoms with van der Waals surface area (Å²) in [5.41, 5.74) is 4.11. The maximum absolute atomic E-state index is 13.9. The summed E-state index contributed by atoms with van der Waals surface area (Å²) in [6.07, 6.45) is 5.85. The molecule has 0 radical (unpaired) electrons. The van der Waals surface area contributed by atoms with E-state index < -0.39 is 18.1 Å². The van der Waals surface area contributed by atoms with Crippen LogP contribution in [0.3, 0.4) is 0 Å². The molecule has 1 aliphatic heterocycles. The molecule has 2 aliphatic rings. The number of carbonyl (C=O) groups excluding carboxylic acids is 3. The summed E-state index contributed by atoms with van der Waals surface area (Å²) in [4.78, 5) is 50.5. The number of carbonyl (C=O) groups is 3. The molecule has 1 aromatic heterocycles. The highest BCUT2D eigenvalue weighted by atomic mass is 16.2. The number of para-hydroxylation sites is 1. The van der Waals surface area contributed by atoms with Gasteiger partial charge in [0.15, 0.2) is 5.78 Å². The first-order valence-corrected chi connectivity index (χ1v) is 12.6. The van der Waals surface area contributed by atoms with Crippen molar-refractivity contribution in [3.8, 4) is 0 Å². The van der Waals surface area contributed by atoms with Crippen molar-refractivity contribution in [3.05, 3.63) is 89.7 Å². The average molecular weight is 496 g/mol. The molecule has 1 aliphatic carbocycles. The van der Waals surface area contributed by atoms with Gasteiger partial charge in [0, 0.05) is 35.1 Å². The minimum absolute atomic E-state index is 0.0356. The standard InChI is InChI=1S/C29H29N5O3/c1-19-8-6-12-22(16-19)31-29(37)33-27-28(36)34(18-25(35)20-9-2-3-10-20)24-14-5-4-13-23(24)26(32-27)21-11-7-15-30-17-21/h4-8,11-17,20,27H,2-3,9-10,18H2,1H3,(H2,31,33,37)/t27-/m0/s1. The Hall–Kier alpha value is -4.33. The average Bonchev–Trinajstić information content (AvgIpc) is 3.42. The Balaban J connectivity index is 1.51. The van der Waals surface area contributed by atoms with Crippen molar-refractivity contribution in [3.63, 3.8) is 0 Å². The molecular formula is C29H29N5O3. The first kappa shape index (κ1) is 24.4. The normalized spacial score (nSPS) is 17.5. The lowest BCUT2D eigenvalue weighted by Gasteiger charge is -2.26. The summed E-state index contributed by atoms with van der Waals surface area (Å²) in [6.45, 7) is 1.87. The van der Waals surface area contributed by atoms with E-state index in [1.54, 1.807) is 24.5 Å². The predicted molar refractivity (Wildman–Crippen MR) is 143 cm³/mol. The maximum atomic E-state index is 13.9. The summed E-state index contributed by atoms with van der Waals surface area (Å²) >= 11 is 0. The molecule has 0 saturated heterocycles. The van der Waals surface area contributed by atoms with Crippen molar-refractivity contribution in [2.45, 2.75) is 38.8 Å². The van der Waals surface area contributed by atoms with E-state index in [-0.39, 0.29) is 18.2 Å². The van der Waals surface area contributed by atoms with Gasteiger partial charge >= 0.3 is 6.03 Å². The predicted octanol–water partition coefficient (Wildman–Crippen LogP) is 4.48. The lowest BCUT2D eigenvalue weighted by Crippen LogP contribution is -2.50. The molecule has 0 spiro atoms. The van der Waals surface area contributed by atoms with E-state index in [0.29, 0.717) is 28.2 Å². The number of aliphatic imine (C=N–C) groups is 1. The van der Waals surface area contributed by atoms with Crippen molar-refractivity contribution >= 4 is 34.8 Å². The molecule has 3 amide bonds. The molecule has 188 valence electrons. The zero-order chi connectivity index (χ0) is 25.8. The van der Waals surface area contributed by atoms with Crippen LogP contribution in [0.15, 0.2) is 78.0 Å². The number of amides is 3. The molecule has 8 heteroatoms. The van der Waals surface area contributed by atoms with Crippen LogP contribution in [0.2, 0.25) is 0 Å². The summed E-state index contributed by atoms with van der Waals surface area (Å²) in [5, 5.41) is 5.50. The molecule has 1 atom stereocenters. The van der Waals surface area contributed by atoms with Gasteiger partial charge in [-0.1, -0.05) is 43.2 Å². The Morgan fingerprint density at radius 3 is 2.59 bits per heavy atom. The second kappa shape index (κ2) is 10.7. The third-order valence-corrected chi connectivity index (χ3v) is 6.81. The number of benzodiazepines with no additional fused rings is 1. The van der Waals surface area contributed by atoms with Crippen molar-refractivity contribution in [2.24, 2.45) is 10.9 Å².